The molecule has 57 heavy (non-hydrogen) atoms. The Morgan fingerprint density at radius 3 is 2.28 bits per heavy atom. The average molecular weight is 796 g/mol. The van der Waals surface area contributed by atoms with E-state index in [4.69, 9.17) is 24.2 Å². The number of nitrogens with zero attached hydrogens (tertiary/aromatic N) is 2. The van der Waals surface area contributed by atoms with E-state index in [9.17, 15) is 43.5 Å². The fraction of sp³-hybridized carbons (Fsp3) is 0.395. The van der Waals surface area contributed by atoms with Crippen molar-refractivity contribution in [3.05, 3.63) is 70.7 Å². The lowest BCUT2D eigenvalue weighted by atomic mass is 9.90. The van der Waals surface area contributed by atoms with Crippen LogP contribution in [0, 0.1) is 19.8 Å². The summed E-state index contributed by atoms with van der Waals surface area (Å²) in [5.41, 5.74) is 1.13. The second-order valence-electron chi connectivity index (χ2n) is 12.8. The van der Waals surface area contributed by atoms with E-state index < -0.39 is 72.6 Å². The molecule has 0 spiro atoms. The first-order chi connectivity index (χ1) is 27.1. The summed E-state index contributed by atoms with van der Waals surface area (Å²) in [5.74, 6) is -8.82. The van der Waals surface area contributed by atoms with Gasteiger partial charge in [0.2, 0.25) is 12.3 Å². The van der Waals surface area contributed by atoms with Crippen LogP contribution in [-0.4, -0.2) is 98.7 Å². The number of aliphatic carboxylic acids is 3. The van der Waals surface area contributed by atoms with Gasteiger partial charge >= 0.3 is 23.9 Å². The number of benzene rings is 1. The Bertz CT molecular complexity index is 1940. The molecule has 0 saturated carbocycles. The average Bonchev–Trinajstić information content (AvgIpc) is 3.66. The number of ether oxygens (including phenoxy) is 1. The number of unbranched alkanes of at least 4 members (excludes halogenated alkanes) is 2. The Morgan fingerprint density at radius 2 is 1.67 bits per heavy atom. The maximum Gasteiger partial charge on any atom is 0.365 e. The third-order valence-corrected chi connectivity index (χ3v) is 8.70. The van der Waals surface area contributed by atoms with Crippen LogP contribution < -0.4 is 20.7 Å². The molecule has 0 saturated heterocycles. The summed E-state index contributed by atoms with van der Waals surface area (Å²) < 4.78 is 10.9. The molecule has 4 amide bonds. The van der Waals surface area contributed by atoms with E-state index in [1.165, 1.54) is 30.3 Å². The number of carboxylic acid groups (broad SMARTS) is 3. The highest BCUT2D eigenvalue weighted by molar-refractivity contribution is 6.00. The summed E-state index contributed by atoms with van der Waals surface area (Å²) >= 11 is 0. The number of aryl methyl sites for hydroxylation is 2. The summed E-state index contributed by atoms with van der Waals surface area (Å²) in [6.07, 6.45) is 3.87. The number of hydrogen-bond acceptors (Lipinski definition) is 12. The Kier molecular flexibility index (Phi) is 16.7. The van der Waals surface area contributed by atoms with Gasteiger partial charge in [0.25, 0.3) is 11.8 Å². The molecule has 3 unspecified atom stereocenters. The molecule has 1 aromatic carbocycles. The van der Waals surface area contributed by atoms with Crippen LogP contribution in [-0.2, 0) is 28.8 Å². The van der Waals surface area contributed by atoms with E-state index in [-0.39, 0.29) is 47.0 Å². The van der Waals surface area contributed by atoms with Crippen molar-refractivity contribution in [3.8, 4) is 17.1 Å². The number of nitrogens with one attached hydrogen (secondary N) is 3. The lowest BCUT2D eigenvalue weighted by Gasteiger charge is -2.32. The quantitative estimate of drug-likeness (QED) is 0.0348. The molecular formula is C38H45N5O14. The molecule has 306 valence electrons. The Morgan fingerprint density at radius 1 is 0.930 bits per heavy atom. The third-order valence-electron chi connectivity index (χ3n) is 8.70. The molecule has 0 radical (unpaired) electrons. The smallest absolute Gasteiger partial charge is 0.365 e. The summed E-state index contributed by atoms with van der Waals surface area (Å²) in [6, 6.07) is 5.46. The zero-order chi connectivity index (χ0) is 42.2. The second-order valence-corrected chi connectivity index (χ2v) is 12.8. The van der Waals surface area contributed by atoms with Gasteiger partial charge in [-0.15, -0.1) is 0 Å². The van der Waals surface area contributed by atoms with Crippen LogP contribution >= 0.6 is 0 Å². The summed E-state index contributed by atoms with van der Waals surface area (Å²) in [4.78, 5) is 108. The number of rotatable bonds is 23. The van der Waals surface area contributed by atoms with Crippen molar-refractivity contribution in [1.82, 2.24) is 26.0 Å². The Balaban J connectivity index is 1.74. The van der Waals surface area contributed by atoms with Crippen molar-refractivity contribution in [2.75, 3.05) is 13.3 Å². The second kappa shape index (κ2) is 21.3. The fourth-order valence-corrected chi connectivity index (χ4v) is 5.84. The van der Waals surface area contributed by atoms with Crippen molar-refractivity contribution >= 4 is 48.0 Å². The van der Waals surface area contributed by atoms with Crippen LogP contribution in [0.4, 0.5) is 0 Å². The molecular weight excluding hydrogens is 750 g/mol. The minimum Gasteiger partial charge on any atom is -0.481 e. The number of carbonyl (C=O) groups excluding carboxylic acids is 5. The van der Waals surface area contributed by atoms with Crippen molar-refractivity contribution in [3.63, 3.8) is 0 Å². The van der Waals surface area contributed by atoms with Crippen LogP contribution in [0.15, 0.2) is 47.0 Å². The molecule has 19 nitrogen and oxygen atoms in total. The number of aromatic nitrogens is 1. The van der Waals surface area contributed by atoms with Gasteiger partial charge in [-0.25, -0.2) is 14.4 Å². The standard InChI is InChI=1S/C38H45N5O14/c1-5-7-8-9-24(27(6-2)43(20-44)57-38(54)33-21(3)14-15-39-22(33)4)34(49)40-19-41-36(51)29-13-12-28(56-29)23-10-11-25(30(16-23)55-18-32(47)48)35(50)42-26(37(52)53)17-31(45)46/h10-16,20,24,26-27H,5-9,17-19H2,1-4H3,(H,40,49)(H,41,51)(H,42,50)(H,45,46)(H,47,48)(H,52,53). The number of hydrogen-bond donors (Lipinski definition) is 6. The number of carboxylic acids is 3. The van der Waals surface area contributed by atoms with E-state index in [0.29, 0.717) is 30.5 Å². The van der Waals surface area contributed by atoms with Gasteiger partial charge in [0.15, 0.2) is 12.4 Å². The topological polar surface area (TPSA) is 281 Å². The molecule has 3 rings (SSSR count). The zero-order valence-corrected chi connectivity index (χ0v) is 31.7. The molecule has 0 aliphatic carbocycles. The van der Waals surface area contributed by atoms with Gasteiger partial charge in [-0.1, -0.05) is 39.2 Å². The van der Waals surface area contributed by atoms with Gasteiger partial charge in [0, 0.05) is 11.8 Å². The van der Waals surface area contributed by atoms with Gasteiger partial charge in [-0.2, -0.15) is 5.06 Å². The Hall–Kier alpha value is -6.79. The number of amides is 4. The van der Waals surface area contributed by atoms with E-state index in [1.54, 1.807) is 33.0 Å². The van der Waals surface area contributed by atoms with Crippen LogP contribution in [0.25, 0.3) is 11.3 Å². The van der Waals surface area contributed by atoms with Crippen LogP contribution in [0.1, 0.15) is 94.9 Å². The summed E-state index contributed by atoms with van der Waals surface area (Å²) in [7, 11) is 0. The summed E-state index contributed by atoms with van der Waals surface area (Å²) in [6.45, 7) is 5.84. The number of furan rings is 1. The molecule has 0 bridgehead atoms. The highest BCUT2D eigenvalue weighted by Crippen LogP contribution is 2.30. The van der Waals surface area contributed by atoms with Crippen LogP contribution in [0.3, 0.4) is 0 Å². The number of carbonyl (C=O) groups is 8. The van der Waals surface area contributed by atoms with Gasteiger partial charge in [-0.05, 0) is 62.6 Å². The molecule has 0 aliphatic heterocycles. The normalized spacial score (nSPS) is 12.3. The van der Waals surface area contributed by atoms with Crippen molar-refractivity contribution < 1.29 is 67.7 Å². The molecule has 19 heteroatoms. The van der Waals surface area contributed by atoms with E-state index in [0.717, 1.165) is 17.9 Å². The molecule has 3 aromatic rings. The van der Waals surface area contributed by atoms with Crippen molar-refractivity contribution in [2.45, 2.75) is 78.3 Å². The molecule has 2 heterocycles. The van der Waals surface area contributed by atoms with Crippen molar-refractivity contribution in [1.29, 1.82) is 0 Å². The maximum absolute atomic E-state index is 13.6. The largest absolute Gasteiger partial charge is 0.481 e. The molecule has 0 aliphatic rings. The molecule has 6 N–H and O–H groups in total. The lowest BCUT2D eigenvalue weighted by molar-refractivity contribution is -0.171. The first kappa shape index (κ1) is 44.6. The van der Waals surface area contributed by atoms with Crippen LogP contribution in [0.2, 0.25) is 0 Å². The van der Waals surface area contributed by atoms with Gasteiger partial charge in [0.1, 0.15) is 17.6 Å². The van der Waals surface area contributed by atoms with E-state index in [2.05, 4.69) is 20.9 Å². The fourth-order valence-electron chi connectivity index (χ4n) is 5.84. The summed E-state index contributed by atoms with van der Waals surface area (Å²) in [5, 5.41) is 35.5. The van der Waals surface area contributed by atoms with Gasteiger partial charge in [-0.3, -0.25) is 29.0 Å². The Labute approximate surface area is 326 Å². The monoisotopic (exact) mass is 795 g/mol. The first-order valence-corrected chi connectivity index (χ1v) is 17.9. The highest BCUT2D eigenvalue weighted by atomic mass is 16.7. The van der Waals surface area contributed by atoms with Gasteiger partial charge < -0.3 is 45.3 Å². The van der Waals surface area contributed by atoms with E-state index >= 15 is 0 Å². The third kappa shape index (κ3) is 12.6. The number of hydroxylamine groups is 2. The van der Waals surface area contributed by atoms with E-state index in [1.807, 2.05) is 6.92 Å². The van der Waals surface area contributed by atoms with Gasteiger partial charge in [0.05, 0.1) is 41.9 Å². The predicted molar refractivity (Wildman–Crippen MR) is 198 cm³/mol. The lowest BCUT2D eigenvalue weighted by Crippen LogP contribution is -2.49. The first-order valence-electron chi connectivity index (χ1n) is 17.9. The predicted octanol–water partition coefficient (Wildman–Crippen LogP) is 3.09. The SMILES string of the molecule is CCCCCC(C(=O)NCNC(=O)c1ccc(-c2ccc(C(=O)NC(CC(=O)O)C(=O)O)c(OCC(=O)O)c2)o1)C(CC)N(C=O)OC(=O)c1c(C)ccnc1C. The molecule has 2 aromatic heterocycles. The molecule has 0 fully saturated rings. The van der Waals surface area contributed by atoms with Crippen LogP contribution in [0.5, 0.6) is 5.75 Å². The number of pyridine rings is 1. The zero-order valence-electron chi connectivity index (χ0n) is 31.7. The molecule has 3 atom stereocenters. The minimum absolute atomic E-state index is 0.0764. The van der Waals surface area contributed by atoms with Crippen molar-refractivity contribution in [2.24, 2.45) is 5.92 Å². The minimum atomic E-state index is -1.79. The maximum atomic E-state index is 13.6. The highest BCUT2D eigenvalue weighted by Gasteiger charge is 2.34.